The van der Waals surface area contributed by atoms with E-state index in [0.717, 1.165) is 22.9 Å². The quantitative estimate of drug-likeness (QED) is 0.613. The third-order valence-electron chi connectivity index (χ3n) is 4.79. The van der Waals surface area contributed by atoms with Gasteiger partial charge in [0.15, 0.2) is 5.43 Å². The Kier molecular flexibility index (Phi) is 4.41. The van der Waals surface area contributed by atoms with Gasteiger partial charge in [0, 0.05) is 11.0 Å². The number of hydrogen-bond acceptors (Lipinski definition) is 3. The lowest BCUT2D eigenvalue weighted by Crippen LogP contribution is -2.30. The van der Waals surface area contributed by atoms with E-state index in [4.69, 9.17) is 4.42 Å². The van der Waals surface area contributed by atoms with Gasteiger partial charge >= 0.3 is 0 Å². The Morgan fingerprint density at radius 2 is 1.92 bits per heavy atom. The summed E-state index contributed by atoms with van der Waals surface area (Å²) in [5.74, 6) is -0.0314. The van der Waals surface area contributed by atoms with Gasteiger partial charge in [0.1, 0.15) is 5.58 Å². The highest BCUT2D eigenvalue weighted by Crippen LogP contribution is 2.38. The zero-order valence-electron chi connectivity index (χ0n) is 14.4. The fourth-order valence-corrected chi connectivity index (χ4v) is 3.97. The number of carbonyl (C=O) groups is 1. The molecule has 0 saturated heterocycles. The Labute approximate surface area is 159 Å². The first-order valence-corrected chi connectivity index (χ1v) is 9.53. The molecule has 3 aromatic rings. The van der Waals surface area contributed by atoms with Crippen molar-refractivity contribution in [3.8, 4) is 0 Å². The maximum atomic E-state index is 13.2. The van der Waals surface area contributed by atoms with Crippen molar-refractivity contribution in [3.63, 3.8) is 0 Å². The van der Waals surface area contributed by atoms with E-state index in [1.165, 1.54) is 0 Å². The highest BCUT2D eigenvalue weighted by Gasteiger charge is 2.42. The van der Waals surface area contributed by atoms with Crippen LogP contribution in [0.2, 0.25) is 0 Å². The van der Waals surface area contributed by atoms with Crippen LogP contribution in [0.15, 0.2) is 62.2 Å². The van der Waals surface area contributed by atoms with Gasteiger partial charge in [-0.15, -0.1) is 0 Å². The van der Waals surface area contributed by atoms with Crippen LogP contribution in [0.25, 0.3) is 11.0 Å². The number of carbonyl (C=O) groups excluding carboxylic acids is 1. The zero-order valence-corrected chi connectivity index (χ0v) is 16.0. The number of hydrogen-bond donors (Lipinski definition) is 0. The van der Waals surface area contributed by atoms with Gasteiger partial charge in [-0.25, -0.2) is 0 Å². The molecule has 1 unspecified atom stereocenters. The van der Waals surface area contributed by atoms with E-state index in [9.17, 15) is 9.59 Å². The molecule has 26 heavy (non-hydrogen) atoms. The minimum absolute atomic E-state index is 0.126. The Morgan fingerprint density at radius 1 is 1.12 bits per heavy atom. The molecular weight excluding hydrogens is 394 g/mol. The first-order chi connectivity index (χ1) is 12.6. The van der Waals surface area contributed by atoms with Gasteiger partial charge in [0.2, 0.25) is 5.76 Å². The van der Waals surface area contributed by atoms with Crippen LogP contribution in [0.3, 0.4) is 0 Å². The van der Waals surface area contributed by atoms with E-state index in [0.29, 0.717) is 23.1 Å². The summed E-state index contributed by atoms with van der Waals surface area (Å²) in [5.41, 5.74) is 1.68. The molecule has 0 spiro atoms. The number of para-hydroxylation sites is 1. The van der Waals surface area contributed by atoms with E-state index in [-0.39, 0.29) is 17.1 Å². The largest absolute Gasteiger partial charge is 0.450 e. The lowest BCUT2D eigenvalue weighted by molar-refractivity contribution is 0.0725. The van der Waals surface area contributed by atoms with Gasteiger partial charge in [0.05, 0.1) is 17.0 Å². The molecule has 1 atom stereocenters. The number of unbranched alkanes of at least 4 members (excludes halogenated alkanes) is 1. The van der Waals surface area contributed by atoms with Crippen LogP contribution in [0.4, 0.5) is 0 Å². The smallest absolute Gasteiger partial charge is 0.290 e. The molecule has 0 aliphatic carbocycles. The molecule has 5 heteroatoms. The molecule has 132 valence electrons. The SMILES string of the molecule is CCCCN1C(=O)c2oc3ccccc3c(=O)c2C1c1cccc(Br)c1. The summed E-state index contributed by atoms with van der Waals surface area (Å²) in [4.78, 5) is 28.0. The summed E-state index contributed by atoms with van der Waals surface area (Å²) in [6, 6.07) is 14.4. The molecule has 1 aliphatic heterocycles. The van der Waals surface area contributed by atoms with E-state index >= 15 is 0 Å². The molecular formula is C21H18BrNO3. The number of nitrogens with zero attached hydrogens (tertiary/aromatic N) is 1. The third-order valence-corrected chi connectivity index (χ3v) is 5.28. The van der Waals surface area contributed by atoms with Crippen LogP contribution in [-0.2, 0) is 0 Å². The molecule has 0 fully saturated rings. The molecule has 2 heterocycles. The predicted octanol–water partition coefficient (Wildman–Crippen LogP) is 4.90. The fraction of sp³-hybridized carbons (Fsp3) is 0.238. The van der Waals surface area contributed by atoms with Crippen LogP contribution in [0, 0.1) is 0 Å². The summed E-state index contributed by atoms with van der Waals surface area (Å²) in [6.07, 6.45) is 1.84. The van der Waals surface area contributed by atoms with E-state index < -0.39 is 6.04 Å². The van der Waals surface area contributed by atoms with Crippen LogP contribution >= 0.6 is 15.9 Å². The first-order valence-electron chi connectivity index (χ1n) is 8.74. The zero-order chi connectivity index (χ0) is 18.3. The molecule has 0 N–H and O–H groups in total. The summed E-state index contributed by atoms with van der Waals surface area (Å²) < 4.78 is 6.80. The van der Waals surface area contributed by atoms with Crippen LogP contribution < -0.4 is 5.43 Å². The van der Waals surface area contributed by atoms with Crippen molar-refractivity contribution in [2.75, 3.05) is 6.54 Å². The van der Waals surface area contributed by atoms with Crippen molar-refractivity contribution in [2.24, 2.45) is 0 Å². The van der Waals surface area contributed by atoms with Gasteiger partial charge in [-0.05, 0) is 36.2 Å². The molecule has 1 amide bonds. The second kappa shape index (κ2) is 6.72. The summed E-state index contributed by atoms with van der Waals surface area (Å²) in [6.45, 7) is 2.67. The topological polar surface area (TPSA) is 50.5 Å². The molecule has 0 saturated carbocycles. The molecule has 4 rings (SSSR count). The molecule has 1 aromatic heterocycles. The van der Waals surface area contributed by atoms with Gasteiger partial charge in [0.25, 0.3) is 5.91 Å². The Bertz CT molecular complexity index is 1060. The molecule has 0 radical (unpaired) electrons. The van der Waals surface area contributed by atoms with Crippen molar-refractivity contribution in [3.05, 3.63) is 80.1 Å². The molecule has 1 aliphatic rings. The number of benzene rings is 2. The Balaban J connectivity index is 1.97. The van der Waals surface area contributed by atoms with Crippen molar-refractivity contribution in [1.82, 2.24) is 4.90 Å². The minimum atomic E-state index is -0.414. The monoisotopic (exact) mass is 411 g/mol. The van der Waals surface area contributed by atoms with E-state index in [2.05, 4.69) is 22.9 Å². The standard InChI is InChI=1S/C21H18BrNO3/c1-2-3-11-23-18(13-7-6-8-14(22)12-13)17-19(24)15-9-4-5-10-16(15)26-20(17)21(23)25/h4-10,12,18H,2-3,11H2,1H3. The van der Waals surface area contributed by atoms with E-state index in [1.54, 1.807) is 23.1 Å². The average molecular weight is 412 g/mol. The number of halogens is 1. The van der Waals surface area contributed by atoms with Crippen molar-refractivity contribution in [2.45, 2.75) is 25.8 Å². The second-order valence-electron chi connectivity index (χ2n) is 6.48. The van der Waals surface area contributed by atoms with Crippen LogP contribution in [0.1, 0.15) is 47.5 Å². The lowest BCUT2D eigenvalue weighted by atomic mass is 9.98. The van der Waals surface area contributed by atoms with Crippen molar-refractivity contribution in [1.29, 1.82) is 0 Å². The fourth-order valence-electron chi connectivity index (χ4n) is 3.55. The number of amides is 1. The first kappa shape index (κ1) is 17.0. The number of fused-ring (bicyclic) bond motifs is 2. The predicted molar refractivity (Wildman–Crippen MR) is 104 cm³/mol. The van der Waals surface area contributed by atoms with E-state index in [1.807, 2.05) is 30.3 Å². The van der Waals surface area contributed by atoms with Crippen LogP contribution in [-0.4, -0.2) is 17.4 Å². The van der Waals surface area contributed by atoms with Gasteiger partial charge in [-0.2, -0.15) is 0 Å². The van der Waals surface area contributed by atoms with Crippen molar-refractivity contribution < 1.29 is 9.21 Å². The highest BCUT2D eigenvalue weighted by molar-refractivity contribution is 9.10. The average Bonchev–Trinajstić information content (AvgIpc) is 2.93. The third kappa shape index (κ3) is 2.67. The molecule has 2 aromatic carbocycles. The molecule has 4 nitrogen and oxygen atoms in total. The summed E-state index contributed by atoms with van der Waals surface area (Å²) in [5, 5.41) is 0.511. The van der Waals surface area contributed by atoms with Gasteiger partial charge < -0.3 is 9.32 Å². The van der Waals surface area contributed by atoms with Crippen molar-refractivity contribution >= 4 is 32.8 Å². The Hall–Kier alpha value is -2.40. The maximum Gasteiger partial charge on any atom is 0.290 e. The number of rotatable bonds is 4. The second-order valence-corrected chi connectivity index (χ2v) is 7.40. The summed E-state index contributed by atoms with van der Waals surface area (Å²) >= 11 is 3.49. The van der Waals surface area contributed by atoms with Crippen LogP contribution in [0.5, 0.6) is 0 Å². The Morgan fingerprint density at radius 3 is 2.69 bits per heavy atom. The normalized spacial score (nSPS) is 16.3. The minimum Gasteiger partial charge on any atom is -0.450 e. The molecule has 0 bridgehead atoms. The summed E-state index contributed by atoms with van der Waals surface area (Å²) in [7, 11) is 0. The lowest BCUT2D eigenvalue weighted by Gasteiger charge is -2.25. The highest BCUT2D eigenvalue weighted by atomic mass is 79.9. The maximum absolute atomic E-state index is 13.2. The van der Waals surface area contributed by atoms with Gasteiger partial charge in [-0.3, -0.25) is 9.59 Å². The van der Waals surface area contributed by atoms with Gasteiger partial charge in [-0.1, -0.05) is 53.5 Å².